The number of guanidine groups is 1. The topological polar surface area (TPSA) is 70.7 Å². The number of nitrogens with two attached hydrogens (primary N) is 1. The average molecular weight is 430 g/mol. The maximum atomic E-state index is 12.1. The number of hydrogen-bond donors (Lipinski definition) is 2. The van der Waals surface area contributed by atoms with E-state index in [4.69, 9.17) is 5.73 Å². The Morgan fingerprint density at radius 3 is 2.83 bits per heavy atom. The number of carbonyl (C=O) groups is 1. The number of rotatable bonds is 7. The number of nitrogens with one attached hydrogen (secondary N) is 1. The second-order valence-electron chi connectivity index (χ2n) is 5.80. The van der Waals surface area contributed by atoms with Crippen molar-refractivity contribution >= 4 is 35.8 Å². The van der Waals surface area contributed by atoms with E-state index in [1.54, 1.807) is 0 Å². The zero-order chi connectivity index (χ0) is 15.8. The Labute approximate surface area is 155 Å². The number of hydrogen-bond acceptors (Lipinski definition) is 2. The van der Waals surface area contributed by atoms with Crippen molar-refractivity contribution in [2.75, 3.05) is 26.2 Å². The highest BCUT2D eigenvalue weighted by Gasteiger charge is 2.28. The van der Waals surface area contributed by atoms with Crippen molar-refractivity contribution in [2.45, 2.75) is 26.2 Å². The van der Waals surface area contributed by atoms with Gasteiger partial charge in [-0.2, -0.15) is 0 Å². The summed E-state index contributed by atoms with van der Waals surface area (Å²) in [5, 5.41) is 3.05. The van der Waals surface area contributed by atoms with Crippen LogP contribution >= 0.6 is 24.0 Å². The lowest BCUT2D eigenvalue weighted by atomic mass is 10.1. The first kappa shape index (κ1) is 19.7. The fraction of sp³-hybridized carbons (Fsp3) is 0.529. The molecular weight excluding hydrogens is 403 g/mol. The van der Waals surface area contributed by atoms with Crippen LogP contribution in [0.4, 0.5) is 0 Å². The molecule has 1 aromatic carbocycles. The third-order valence-corrected chi connectivity index (χ3v) is 3.88. The molecule has 1 unspecified atom stereocenters. The zero-order valence-electron chi connectivity index (χ0n) is 13.7. The number of aliphatic imine (C=N–C) groups is 1. The molecule has 1 aromatic rings. The van der Waals surface area contributed by atoms with Gasteiger partial charge in [0.25, 0.3) is 0 Å². The van der Waals surface area contributed by atoms with E-state index in [0.29, 0.717) is 18.9 Å². The lowest BCUT2D eigenvalue weighted by molar-refractivity contribution is -0.127. The first-order chi connectivity index (χ1) is 10.7. The first-order valence-corrected chi connectivity index (χ1v) is 8.04. The average Bonchev–Trinajstić information content (AvgIpc) is 2.90. The lowest BCUT2D eigenvalue weighted by Gasteiger charge is -2.16. The maximum Gasteiger partial charge on any atom is 0.223 e. The molecule has 6 heteroatoms. The van der Waals surface area contributed by atoms with Crippen LogP contribution in [0.3, 0.4) is 0 Å². The van der Waals surface area contributed by atoms with E-state index in [0.717, 1.165) is 32.5 Å². The molecule has 1 atom stereocenters. The predicted molar refractivity (Wildman–Crippen MR) is 105 cm³/mol. The van der Waals surface area contributed by atoms with Gasteiger partial charge in [0.1, 0.15) is 0 Å². The van der Waals surface area contributed by atoms with Gasteiger partial charge < -0.3 is 16.0 Å². The van der Waals surface area contributed by atoms with Crippen LogP contribution in [0.5, 0.6) is 0 Å². The van der Waals surface area contributed by atoms with Crippen molar-refractivity contribution in [3.63, 3.8) is 0 Å². The second kappa shape index (κ2) is 10.5. The van der Waals surface area contributed by atoms with Gasteiger partial charge >= 0.3 is 0 Å². The molecule has 0 spiro atoms. The van der Waals surface area contributed by atoms with Gasteiger partial charge in [0, 0.05) is 38.5 Å². The van der Waals surface area contributed by atoms with Gasteiger partial charge in [0.2, 0.25) is 5.91 Å². The van der Waals surface area contributed by atoms with Crippen LogP contribution in [-0.2, 0) is 11.2 Å². The van der Waals surface area contributed by atoms with E-state index in [9.17, 15) is 4.79 Å². The summed E-state index contributed by atoms with van der Waals surface area (Å²) in [5.74, 6) is 0.999. The van der Waals surface area contributed by atoms with E-state index in [2.05, 4.69) is 29.4 Å². The Morgan fingerprint density at radius 2 is 2.13 bits per heavy atom. The third kappa shape index (κ3) is 6.76. The molecule has 128 valence electrons. The van der Waals surface area contributed by atoms with Crippen molar-refractivity contribution in [1.82, 2.24) is 10.2 Å². The second-order valence-corrected chi connectivity index (χ2v) is 5.80. The lowest BCUT2D eigenvalue weighted by Crippen LogP contribution is -2.33. The van der Waals surface area contributed by atoms with E-state index in [-0.39, 0.29) is 35.8 Å². The number of likely N-dealkylation sites (tertiary alicyclic amines) is 1. The molecule has 1 amide bonds. The molecule has 5 nitrogen and oxygen atoms in total. The van der Waals surface area contributed by atoms with Gasteiger partial charge in [-0.25, -0.2) is 0 Å². The number of amides is 1. The van der Waals surface area contributed by atoms with Gasteiger partial charge in [-0.15, -0.1) is 24.0 Å². The van der Waals surface area contributed by atoms with Crippen LogP contribution in [0.2, 0.25) is 0 Å². The van der Waals surface area contributed by atoms with Gasteiger partial charge in [-0.05, 0) is 18.4 Å². The number of carbonyl (C=O) groups excluding carboxylic acids is 1. The minimum atomic E-state index is 0. The zero-order valence-corrected chi connectivity index (χ0v) is 16.0. The van der Waals surface area contributed by atoms with Gasteiger partial charge in [0.05, 0.1) is 0 Å². The smallest absolute Gasteiger partial charge is 0.223 e. The summed E-state index contributed by atoms with van der Waals surface area (Å²) in [6, 6.07) is 10.3. The van der Waals surface area contributed by atoms with Crippen molar-refractivity contribution in [3.8, 4) is 0 Å². The summed E-state index contributed by atoms with van der Waals surface area (Å²) in [7, 11) is 0. The highest BCUT2D eigenvalue weighted by atomic mass is 127. The van der Waals surface area contributed by atoms with Crippen molar-refractivity contribution in [2.24, 2.45) is 16.6 Å². The van der Waals surface area contributed by atoms with Crippen molar-refractivity contribution in [3.05, 3.63) is 35.9 Å². The molecule has 0 bridgehead atoms. The first-order valence-electron chi connectivity index (χ1n) is 8.04. The number of halogens is 1. The highest BCUT2D eigenvalue weighted by molar-refractivity contribution is 14.0. The fourth-order valence-electron chi connectivity index (χ4n) is 2.64. The van der Waals surface area contributed by atoms with Crippen LogP contribution in [0.15, 0.2) is 35.3 Å². The normalized spacial score (nSPS) is 18.0. The minimum Gasteiger partial charge on any atom is -0.370 e. The Hall–Kier alpha value is -1.31. The van der Waals surface area contributed by atoms with E-state index < -0.39 is 0 Å². The van der Waals surface area contributed by atoms with Crippen LogP contribution < -0.4 is 11.1 Å². The quantitative estimate of drug-likeness (QED) is 0.395. The molecule has 1 aliphatic heterocycles. The molecular formula is C17H27IN4O. The fourth-order valence-corrected chi connectivity index (χ4v) is 2.64. The van der Waals surface area contributed by atoms with Gasteiger partial charge in [-0.1, -0.05) is 37.3 Å². The summed E-state index contributed by atoms with van der Waals surface area (Å²) >= 11 is 0. The van der Waals surface area contributed by atoms with Crippen LogP contribution in [0.25, 0.3) is 0 Å². The molecule has 1 fully saturated rings. The summed E-state index contributed by atoms with van der Waals surface area (Å²) in [6.07, 6.45) is 2.51. The van der Waals surface area contributed by atoms with Gasteiger partial charge in [-0.3, -0.25) is 9.79 Å². The summed E-state index contributed by atoms with van der Waals surface area (Å²) in [6.45, 7) is 5.11. The third-order valence-electron chi connectivity index (χ3n) is 3.88. The Balaban J connectivity index is 0.00000264. The Bertz CT molecular complexity index is 507. The van der Waals surface area contributed by atoms with Gasteiger partial charge in [0.15, 0.2) is 5.96 Å². The standard InChI is InChI=1S/C17H26N4O.HI/c1-2-9-19-17(18)20-12-15-11-16(22)21(13-15)10-8-14-6-4-3-5-7-14;/h3-7,15H,2,8-13H2,1H3,(H3,18,19,20);1H. The molecule has 0 radical (unpaired) electrons. The number of nitrogens with zero attached hydrogens (tertiary/aromatic N) is 2. The summed E-state index contributed by atoms with van der Waals surface area (Å²) in [4.78, 5) is 18.3. The summed E-state index contributed by atoms with van der Waals surface area (Å²) in [5.41, 5.74) is 7.05. The molecule has 0 aliphatic carbocycles. The predicted octanol–water partition coefficient (Wildman–Crippen LogP) is 2.01. The highest BCUT2D eigenvalue weighted by Crippen LogP contribution is 2.18. The molecule has 1 saturated heterocycles. The monoisotopic (exact) mass is 430 g/mol. The minimum absolute atomic E-state index is 0. The maximum absolute atomic E-state index is 12.1. The summed E-state index contributed by atoms with van der Waals surface area (Å²) < 4.78 is 0. The molecule has 1 heterocycles. The Morgan fingerprint density at radius 1 is 1.39 bits per heavy atom. The van der Waals surface area contributed by atoms with Crippen molar-refractivity contribution in [1.29, 1.82) is 0 Å². The largest absolute Gasteiger partial charge is 0.370 e. The Kier molecular flexibility index (Phi) is 8.98. The molecule has 1 aliphatic rings. The van der Waals surface area contributed by atoms with E-state index >= 15 is 0 Å². The number of benzene rings is 1. The van der Waals surface area contributed by atoms with Crippen molar-refractivity contribution < 1.29 is 4.79 Å². The van der Waals surface area contributed by atoms with E-state index in [1.165, 1.54) is 5.56 Å². The van der Waals surface area contributed by atoms with Crippen LogP contribution in [0.1, 0.15) is 25.3 Å². The molecule has 0 saturated carbocycles. The molecule has 3 N–H and O–H groups in total. The molecule has 23 heavy (non-hydrogen) atoms. The SMILES string of the molecule is CCCNC(N)=NCC1CC(=O)N(CCc2ccccc2)C1.I. The van der Waals surface area contributed by atoms with Crippen LogP contribution in [-0.4, -0.2) is 42.9 Å². The van der Waals surface area contributed by atoms with Crippen LogP contribution in [0, 0.1) is 5.92 Å². The van der Waals surface area contributed by atoms with E-state index in [1.807, 2.05) is 23.1 Å². The molecule has 2 rings (SSSR count). The molecule has 0 aromatic heterocycles.